The molecule has 0 unspecified atom stereocenters. The van der Waals surface area contributed by atoms with E-state index in [0.717, 1.165) is 5.56 Å². The molecule has 18 heavy (non-hydrogen) atoms. The summed E-state index contributed by atoms with van der Waals surface area (Å²) in [4.78, 5) is 0. The summed E-state index contributed by atoms with van der Waals surface area (Å²) in [6.45, 7) is 6.89. The first-order valence-electron chi connectivity index (χ1n) is 6.27. The van der Waals surface area contributed by atoms with E-state index in [2.05, 4.69) is 0 Å². The Balaban J connectivity index is 2.41. The summed E-state index contributed by atoms with van der Waals surface area (Å²) in [6.07, 6.45) is -0.841. The van der Waals surface area contributed by atoms with Gasteiger partial charge in [0.2, 0.25) is 0 Å². The summed E-state index contributed by atoms with van der Waals surface area (Å²) in [7, 11) is 1.60. The summed E-state index contributed by atoms with van der Waals surface area (Å²) in [6, 6.07) is 9.97. The lowest BCUT2D eigenvalue weighted by molar-refractivity contribution is -0.0998. The topological polar surface area (TPSA) is 38.7 Å². The molecule has 1 rings (SSSR count). The minimum atomic E-state index is -0.543. The van der Waals surface area contributed by atoms with Gasteiger partial charge in [-0.3, -0.25) is 0 Å². The van der Waals surface area contributed by atoms with Crippen molar-refractivity contribution >= 4 is 0 Å². The monoisotopic (exact) mass is 252 g/mol. The number of aliphatic hydroxyl groups is 1. The Labute approximate surface area is 110 Å². The van der Waals surface area contributed by atoms with Crippen molar-refractivity contribution < 1.29 is 14.6 Å². The maximum atomic E-state index is 10.1. The second-order valence-electron chi connectivity index (χ2n) is 5.59. The molecule has 0 spiro atoms. The maximum Gasteiger partial charge on any atom is 0.107 e. The molecule has 1 aromatic carbocycles. The Morgan fingerprint density at radius 2 is 1.78 bits per heavy atom. The SMILES string of the molecule is CO[C@@H](COCc1ccccc1)[C@H](O)C(C)(C)C. The molecule has 0 fully saturated rings. The molecule has 3 nitrogen and oxygen atoms in total. The summed E-state index contributed by atoms with van der Waals surface area (Å²) in [5.74, 6) is 0. The van der Waals surface area contributed by atoms with Crippen LogP contribution in [0.2, 0.25) is 0 Å². The van der Waals surface area contributed by atoms with E-state index in [9.17, 15) is 5.11 Å². The Bertz CT molecular complexity index is 329. The molecule has 0 amide bonds. The number of aliphatic hydroxyl groups excluding tert-OH is 1. The Morgan fingerprint density at radius 3 is 2.28 bits per heavy atom. The second-order valence-corrected chi connectivity index (χ2v) is 5.59. The number of benzene rings is 1. The van der Waals surface area contributed by atoms with Gasteiger partial charge in [0.15, 0.2) is 0 Å². The van der Waals surface area contributed by atoms with E-state index in [0.29, 0.717) is 13.2 Å². The van der Waals surface area contributed by atoms with Crippen molar-refractivity contribution in [2.45, 2.75) is 39.6 Å². The van der Waals surface area contributed by atoms with Gasteiger partial charge in [-0.15, -0.1) is 0 Å². The minimum absolute atomic E-state index is 0.212. The van der Waals surface area contributed by atoms with E-state index >= 15 is 0 Å². The Hall–Kier alpha value is -0.900. The van der Waals surface area contributed by atoms with Crippen molar-refractivity contribution in [3.05, 3.63) is 35.9 Å². The van der Waals surface area contributed by atoms with Crippen LogP contribution in [-0.2, 0) is 16.1 Å². The lowest BCUT2D eigenvalue weighted by atomic mass is 9.86. The smallest absolute Gasteiger partial charge is 0.107 e. The molecule has 0 aliphatic rings. The van der Waals surface area contributed by atoms with Gasteiger partial charge in [-0.1, -0.05) is 51.1 Å². The molecule has 0 radical (unpaired) electrons. The van der Waals surface area contributed by atoms with Gasteiger partial charge in [-0.05, 0) is 11.0 Å². The van der Waals surface area contributed by atoms with E-state index in [1.165, 1.54) is 0 Å². The Morgan fingerprint density at radius 1 is 1.17 bits per heavy atom. The first kappa shape index (κ1) is 15.2. The minimum Gasteiger partial charge on any atom is -0.390 e. The molecule has 0 saturated carbocycles. The molecule has 0 aliphatic carbocycles. The van der Waals surface area contributed by atoms with Crippen LogP contribution < -0.4 is 0 Å². The van der Waals surface area contributed by atoms with Crippen LogP contribution in [-0.4, -0.2) is 31.0 Å². The normalized spacial score (nSPS) is 15.4. The number of ether oxygens (including phenoxy) is 2. The fourth-order valence-corrected chi connectivity index (χ4v) is 1.71. The molecule has 1 N–H and O–H groups in total. The number of hydrogen-bond donors (Lipinski definition) is 1. The van der Waals surface area contributed by atoms with Gasteiger partial charge in [0.1, 0.15) is 6.10 Å². The molecule has 3 heteroatoms. The maximum absolute atomic E-state index is 10.1. The first-order valence-corrected chi connectivity index (χ1v) is 6.27. The highest BCUT2D eigenvalue weighted by atomic mass is 16.5. The molecule has 102 valence electrons. The molecule has 1 aromatic rings. The van der Waals surface area contributed by atoms with E-state index in [1.54, 1.807) is 7.11 Å². The quantitative estimate of drug-likeness (QED) is 0.846. The van der Waals surface area contributed by atoms with E-state index in [1.807, 2.05) is 51.1 Å². The molecule has 0 heterocycles. The summed E-state index contributed by atoms with van der Waals surface area (Å²) in [5.41, 5.74) is 0.911. The van der Waals surface area contributed by atoms with Gasteiger partial charge in [-0.2, -0.15) is 0 Å². The van der Waals surface area contributed by atoms with Crippen LogP contribution in [0.5, 0.6) is 0 Å². The van der Waals surface area contributed by atoms with Gasteiger partial charge in [-0.25, -0.2) is 0 Å². The molecular formula is C15H24O3. The zero-order valence-electron chi connectivity index (χ0n) is 11.7. The fraction of sp³-hybridized carbons (Fsp3) is 0.600. The average molecular weight is 252 g/mol. The third kappa shape index (κ3) is 4.77. The molecule has 2 atom stereocenters. The number of rotatable bonds is 6. The van der Waals surface area contributed by atoms with Crippen molar-refractivity contribution in [1.29, 1.82) is 0 Å². The van der Waals surface area contributed by atoms with Crippen LogP contribution in [0.15, 0.2) is 30.3 Å². The van der Waals surface area contributed by atoms with Crippen LogP contribution in [0.3, 0.4) is 0 Å². The highest BCUT2D eigenvalue weighted by Gasteiger charge is 2.30. The molecule has 0 bridgehead atoms. The summed E-state index contributed by atoms with van der Waals surface area (Å²) < 4.78 is 10.9. The standard InChI is InChI=1S/C15H24O3/c1-15(2,3)14(16)13(17-4)11-18-10-12-8-6-5-7-9-12/h5-9,13-14,16H,10-11H2,1-4H3/t13-,14-/m0/s1. The van der Waals surface area contributed by atoms with Crippen molar-refractivity contribution in [3.8, 4) is 0 Å². The van der Waals surface area contributed by atoms with Crippen molar-refractivity contribution in [3.63, 3.8) is 0 Å². The van der Waals surface area contributed by atoms with Crippen LogP contribution in [0.25, 0.3) is 0 Å². The number of methoxy groups -OCH3 is 1. The van der Waals surface area contributed by atoms with E-state index in [-0.39, 0.29) is 11.5 Å². The van der Waals surface area contributed by atoms with E-state index in [4.69, 9.17) is 9.47 Å². The third-order valence-electron chi connectivity index (χ3n) is 2.94. The predicted octanol–water partition coefficient (Wildman–Crippen LogP) is 2.63. The molecular weight excluding hydrogens is 228 g/mol. The number of hydrogen-bond acceptors (Lipinski definition) is 3. The predicted molar refractivity (Wildman–Crippen MR) is 72.4 cm³/mol. The Kier molecular flexibility index (Phi) is 5.79. The largest absolute Gasteiger partial charge is 0.390 e. The van der Waals surface area contributed by atoms with Crippen molar-refractivity contribution in [2.24, 2.45) is 5.41 Å². The highest BCUT2D eigenvalue weighted by molar-refractivity contribution is 5.13. The zero-order chi connectivity index (χ0) is 13.6. The van der Waals surface area contributed by atoms with Gasteiger partial charge in [0.25, 0.3) is 0 Å². The lowest BCUT2D eigenvalue weighted by Crippen LogP contribution is -2.41. The third-order valence-corrected chi connectivity index (χ3v) is 2.94. The summed E-state index contributed by atoms with van der Waals surface area (Å²) >= 11 is 0. The molecule has 0 aliphatic heterocycles. The summed E-state index contributed by atoms with van der Waals surface area (Å²) in [5, 5.41) is 10.1. The van der Waals surface area contributed by atoms with Gasteiger partial charge < -0.3 is 14.6 Å². The average Bonchev–Trinajstić information content (AvgIpc) is 2.34. The van der Waals surface area contributed by atoms with Crippen molar-refractivity contribution in [1.82, 2.24) is 0 Å². The van der Waals surface area contributed by atoms with Gasteiger partial charge >= 0.3 is 0 Å². The van der Waals surface area contributed by atoms with Gasteiger partial charge in [0.05, 0.1) is 19.3 Å². The highest BCUT2D eigenvalue weighted by Crippen LogP contribution is 2.23. The zero-order valence-corrected chi connectivity index (χ0v) is 11.7. The first-order chi connectivity index (χ1) is 8.45. The van der Waals surface area contributed by atoms with Gasteiger partial charge in [0, 0.05) is 7.11 Å². The fourth-order valence-electron chi connectivity index (χ4n) is 1.71. The van der Waals surface area contributed by atoms with E-state index < -0.39 is 6.10 Å². The van der Waals surface area contributed by atoms with Crippen LogP contribution in [0, 0.1) is 5.41 Å². The van der Waals surface area contributed by atoms with Crippen LogP contribution >= 0.6 is 0 Å². The lowest BCUT2D eigenvalue weighted by Gasteiger charge is -2.31. The second kappa shape index (κ2) is 6.88. The molecule has 0 saturated heterocycles. The van der Waals surface area contributed by atoms with Crippen LogP contribution in [0.4, 0.5) is 0 Å². The molecule has 0 aromatic heterocycles. The van der Waals surface area contributed by atoms with Crippen molar-refractivity contribution in [2.75, 3.05) is 13.7 Å². The van der Waals surface area contributed by atoms with Crippen LogP contribution in [0.1, 0.15) is 26.3 Å².